The minimum Gasteiger partial charge on any atom is -0.309 e. The van der Waals surface area contributed by atoms with Crippen LogP contribution in [0.15, 0.2) is 206 Å². The highest BCUT2D eigenvalue weighted by Gasteiger charge is 2.20. The fraction of sp³-hybridized carbons (Fsp3) is 0. The molecule has 0 saturated heterocycles. The topological polar surface area (TPSA) is 43.6 Å². The Hall–Kier alpha value is -7.43. The van der Waals surface area contributed by atoms with Crippen molar-refractivity contribution < 1.29 is 24.7 Å². The van der Waals surface area contributed by atoms with Gasteiger partial charge in [0.05, 0.1) is 35.7 Å². The molecule has 0 unspecified atom stereocenters. The minimum atomic E-state index is -0.804. The molecule has 4 heteroatoms. The van der Waals surface area contributed by atoms with Crippen molar-refractivity contribution in [3.8, 4) is 73.2 Å². The van der Waals surface area contributed by atoms with Crippen LogP contribution in [-0.4, -0.2) is 19.5 Å². The van der Waals surface area contributed by atoms with Crippen LogP contribution in [-0.2, 0) is 0 Å². The summed E-state index contributed by atoms with van der Waals surface area (Å²) in [5.74, 6) is -0.0206. The molecule has 10 aromatic rings. The van der Waals surface area contributed by atoms with Crippen molar-refractivity contribution in [1.82, 2.24) is 19.5 Å². The number of hydrogen-bond acceptors (Lipinski definition) is 3. The number of aromatic nitrogens is 4. The molecule has 10 rings (SSSR count). The van der Waals surface area contributed by atoms with Gasteiger partial charge in [-0.2, -0.15) is 0 Å². The van der Waals surface area contributed by atoms with E-state index in [4.69, 9.17) is 32.8 Å². The molecule has 0 fully saturated rings. The zero-order valence-electron chi connectivity index (χ0n) is 46.5. The first-order valence-electron chi connectivity index (χ1n) is 26.1. The van der Waals surface area contributed by atoms with Crippen LogP contribution in [0.5, 0.6) is 0 Å². The molecule has 2 aromatic heterocycles. The zero-order chi connectivity index (χ0) is 52.2. The van der Waals surface area contributed by atoms with Crippen molar-refractivity contribution in [3.63, 3.8) is 0 Å². The third-order valence-corrected chi connectivity index (χ3v) is 9.03. The van der Waals surface area contributed by atoms with Gasteiger partial charge in [-0.15, -0.1) is 0 Å². The molecule has 4 nitrogen and oxygen atoms in total. The minimum absolute atomic E-state index is 0.117. The van der Waals surface area contributed by atoms with Crippen molar-refractivity contribution in [2.24, 2.45) is 0 Å². The summed E-state index contributed by atoms with van der Waals surface area (Å²) in [5.41, 5.74) is -0.0670. The first-order chi connectivity index (χ1) is 34.7. The Bertz CT molecular complexity index is 3910. The van der Waals surface area contributed by atoms with E-state index in [1.807, 2.05) is 42.5 Å². The molecular weight excluding hydrogens is 669 g/mol. The molecular formula is C51H34N4. The fourth-order valence-corrected chi connectivity index (χ4v) is 6.53. The van der Waals surface area contributed by atoms with E-state index in [1.165, 1.54) is 12.1 Å². The summed E-state index contributed by atoms with van der Waals surface area (Å²) >= 11 is 0. The molecule has 0 aliphatic rings. The van der Waals surface area contributed by atoms with Gasteiger partial charge in [-0.25, -0.2) is 15.0 Å². The maximum absolute atomic E-state index is 10.2. The van der Waals surface area contributed by atoms with Crippen LogP contribution in [0.1, 0.15) is 24.7 Å². The monoisotopic (exact) mass is 720 g/mol. The van der Waals surface area contributed by atoms with Crippen molar-refractivity contribution in [3.05, 3.63) is 206 Å². The van der Waals surface area contributed by atoms with E-state index in [9.17, 15) is 6.85 Å². The lowest BCUT2D eigenvalue weighted by Gasteiger charge is -2.12. The smallest absolute Gasteiger partial charge is 0.164 e. The molecule has 0 N–H and O–H groups in total. The van der Waals surface area contributed by atoms with Crippen molar-refractivity contribution >= 4 is 21.8 Å². The third kappa shape index (κ3) is 6.06. The van der Waals surface area contributed by atoms with Crippen molar-refractivity contribution in [2.75, 3.05) is 0 Å². The van der Waals surface area contributed by atoms with Gasteiger partial charge in [-0.3, -0.25) is 0 Å². The van der Waals surface area contributed by atoms with Gasteiger partial charge in [0.25, 0.3) is 0 Å². The summed E-state index contributed by atoms with van der Waals surface area (Å²) in [6.07, 6.45) is 0. The summed E-state index contributed by atoms with van der Waals surface area (Å²) in [7, 11) is 0. The van der Waals surface area contributed by atoms with E-state index >= 15 is 0 Å². The maximum Gasteiger partial charge on any atom is 0.164 e. The fourth-order valence-electron chi connectivity index (χ4n) is 6.53. The van der Waals surface area contributed by atoms with Gasteiger partial charge in [-0.05, 0) is 63.6 Å². The van der Waals surface area contributed by atoms with E-state index in [1.54, 1.807) is 42.5 Å². The van der Waals surface area contributed by atoms with Gasteiger partial charge in [0.1, 0.15) is 0 Å². The molecule has 0 aliphatic heterocycles. The zero-order valence-corrected chi connectivity index (χ0v) is 28.5. The molecule has 0 amide bonds. The van der Waals surface area contributed by atoms with Crippen LogP contribution in [0, 0.1) is 0 Å². The Kier molecular flexibility index (Phi) is 4.67. The average molecular weight is 721 g/mol. The molecule has 0 aliphatic carbocycles. The molecule has 2 heterocycles. The lowest BCUT2D eigenvalue weighted by Crippen LogP contribution is -2.00. The lowest BCUT2D eigenvalue weighted by atomic mass is 9.94. The molecule has 55 heavy (non-hydrogen) atoms. The molecule has 8 aromatic carbocycles. The van der Waals surface area contributed by atoms with Gasteiger partial charge >= 0.3 is 0 Å². The second kappa shape index (κ2) is 13.8. The molecule has 0 spiro atoms. The second-order valence-electron chi connectivity index (χ2n) is 12.3. The number of benzene rings is 8. The van der Waals surface area contributed by atoms with Crippen LogP contribution in [0.2, 0.25) is 0 Å². The van der Waals surface area contributed by atoms with Crippen molar-refractivity contribution in [2.45, 2.75) is 0 Å². The molecule has 0 radical (unpaired) electrons. The Morgan fingerprint density at radius 2 is 0.891 bits per heavy atom. The highest BCUT2D eigenvalue weighted by atomic mass is 15.0. The van der Waals surface area contributed by atoms with Crippen LogP contribution >= 0.6 is 0 Å². The summed E-state index contributed by atoms with van der Waals surface area (Å²) < 4.78 is 163. The van der Waals surface area contributed by atoms with E-state index < -0.39 is 126 Å². The number of para-hydroxylation sites is 1. The Labute approximate surface area is 345 Å². The van der Waals surface area contributed by atoms with E-state index in [0.717, 1.165) is 15.7 Å². The summed E-state index contributed by atoms with van der Waals surface area (Å²) in [6, 6.07) is 15.0. The number of nitrogens with zero attached hydrogens (tertiary/aromatic N) is 4. The average Bonchev–Trinajstić information content (AvgIpc) is 3.74. The van der Waals surface area contributed by atoms with Gasteiger partial charge in [-0.1, -0.05) is 176 Å². The Morgan fingerprint density at radius 1 is 0.382 bits per heavy atom. The van der Waals surface area contributed by atoms with Gasteiger partial charge in [0.2, 0.25) is 0 Å². The highest BCUT2D eigenvalue weighted by molar-refractivity contribution is 6.17. The summed E-state index contributed by atoms with van der Waals surface area (Å²) in [5, 5.41) is -0.501. The SMILES string of the molecule is [2H]c1c([2H])c([2H])c(-c2cc(-c3c([2H])c([2H])c([2H])c([2H])c3[2H])c3c4c([2H])c([2H])c(-c5nc(-c6ccccc6)nc(-c6ccc(-c7ccccc7)cc6)n5)c([2H])c4n(-c4c([2H])c([2H])c([2H])c([2H])c4[2H])c3c2)c([2H])c1[2H]. The molecule has 0 bridgehead atoms. The molecule has 258 valence electrons. The maximum atomic E-state index is 10.2. The Balaban J connectivity index is 1.41. The second-order valence-corrected chi connectivity index (χ2v) is 12.3. The predicted octanol–water partition coefficient (Wildman–Crippen LogP) is 13.0. The van der Waals surface area contributed by atoms with E-state index in [0.29, 0.717) is 11.1 Å². The Morgan fingerprint density at radius 3 is 1.53 bits per heavy atom. The molecule has 0 atom stereocenters. The van der Waals surface area contributed by atoms with Gasteiger partial charge < -0.3 is 4.57 Å². The van der Waals surface area contributed by atoms with Gasteiger partial charge in [0, 0.05) is 33.2 Å². The van der Waals surface area contributed by atoms with Crippen molar-refractivity contribution in [1.29, 1.82) is 0 Å². The normalized spacial score (nSPS) is 15.9. The third-order valence-electron chi connectivity index (χ3n) is 9.03. The predicted molar refractivity (Wildman–Crippen MR) is 227 cm³/mol. The standard InChI is InChI=1S/C51H34N4/c1-6-16-35(17-7-1)37-26-28-40(29-27-37)50-52-49(39-22-12-4-13-23-39)53-51(54-50)41-30-31-44-46(33-41)55(43-24-14-5-15-25-43)47-34-42(36-18-8-2-9-19-36)32-45(48(44)47)38-20-10-3-11-21-38/h1-34H/i2D,3D,5D,8D,9D,10D,11D,14D,15D,18D,19D,20D,21D,24D,25D,30D,31D,33D. The number of fused-ring (bicyclic) bond motifs is 3. The number of hydrogen-bond donors (Lipinski definition) is 0. The molecule has 0 saturated carbocycles. The lowest BCUT2D eigenvalue weighted by molar-refractivity contribution is 1.07. The van der Waals surface area contributed by atoms with Crippen LogP contribution < -0.4 is 0 Å². The number of rotatable bonds is 7. The largest absolute Gasteiger partial charge is 0.309 e. The quantitative estimate of drug-likeness (QED) is 0.165. The van der Waals surface area contributed by atoms with Crippen LogP contribution in [0.25, 0.3) is 95.0 Å². The summed E-state index contributed by atoms with van der Waals surface area (Å²) in [6.45, 7) is 0. The summed E-state index contributed by atoms with van der Waals surface area (Å²) in [4.78, 5) is 14.4. The van der Waals surface area contributed by atoms with E-state index in [-0.39, 0.29) is 56.0 Å². The highest BCUT2D eigenvalue weighted by Crippen LogP contribution is 2.42. The first-order valence-corrected chi connectivity index (χ1v) is 17.1. The van der Waals surface area contributed by atoms with E-state index in [2.05, 4.69) is 0 Å². The van der Waals surface area contributed by atoms with Gasteiger partial charge in [0.15, 0.2) is 17.5 Å². The van der Waals surface area contributed by atoms with Crippen LogP contribution in [0.4, 0.5) is 0 Å². The van der Waals surface area contributed by atoms with Crippen LogP contribution in [0.3, 0.4) is 0 Å². The first kappa shape index (κ1) is 18.6.